The number of thioether (sulfide) groups is 1. The molecule has 0 aliphatic carbocycles. The number of fused-ring (bicyclic) bond motifs is 3. The van der Waals surface area contributed by atoms with Crippen LogP contribution in [-0.2, 0) is 4.74 Å². The van der Waals surface area contributed by atoms with Crippen LogP contribution in [0.5, 0.6) is 0 Å². The van der Waals surface area contributed by atoms with Crippen LogP contribution in [0.15, 0.2) is 27.6 Å². The Bertz CT molecular complexity index is 1330. The monoisotopic (exact) mass is 557 g/mol. The fraction of sp³-hybridized carbons (Fsp3) is 0.522. The lowest BCUT2D eigenvalue weighted by Crippen LogP contribution is -2.60. The maximum absolute atomic E-state index is 15.4. The lowest BCUT2D eigenvalue weighted by molar-refractivity contribution is -0.0327. The predicted molar refractivity (Wildman–Crippen MR) is 130 cm³/mol. The summed E-state index contributed by atoms with van der Waals surface area (Å²) in [4.78, 5) is 15.7. The molecule has 3 saturated heterocycles. The zero-order chi connectivity index (χ0) is 25.9. The molecule has 3 N–H and O–H groups in total. The molecule has 0 radical (unpaired) electrons. The molecular weight excluding hydrogens is 534 g/mol. The van der Waals surface area contributed by atoms with Crippen molar-refractivity contribution in [2.75, 3.05) is 11.9 Å². The third-order valence-corrected chi connectivity index (χ3v) is 9.17. The van der Waals surface area contributed by atoms with E-state index in [4.69, 9.17) is 9.26 Å². The van der Waals surface area contributed by atoms with Crippen LogP contribution in [0.3, 0.4) is 0 Å². The van der Waals surface area contributed by atoms with E-state index in [0.717, 1.165) is 24.2 Å². The SMILES string of the molecule is CC1C[C@@H]2C[C@@H](Nc3cccc4c(SC(F)(F)F)c(-c5noc([C@H]6COC(=O)N6)n5)sc34)[C@@H](F)[C@H](C1)N2. The first-order valence-corrected chi connectivity index (χ1v) is 13.5. The average Bonchev–Trinajstić information content (AvgIpc) is 3.55. The standard InChI is InChI=1S/C23H23F4N5O3S2/c1-9-5-10-7-14(16(24)13(6-9)28-10)29-12-4-2-3-11-17(12)36-19(18(11)37-23(25,26)27)20-31-21(35-32-20)15-8-34-22(33)30-15/h2-4,9-10,13-16,28-29H,5-8H2,1H3,(H,30,33)/t9?,10-,13+,14-,15-,16+/m1/s1. The molecule has 3 aromatic rings. The Kier molecular flexibility index (Phi) is 6.23. The second-order valence-electron chi connectivity index (χ2n) is 9.72. The van der Waals surface area contributed by atoms with Crippen LogP contribution in [0.1, 0.15) is 38.1 Å². The summed E-state index contributed by atoms with van der Waals surface area (Å²) in [7, 11) is 0. The van der Waals surface area contributed by atoms with Crippen molar-refractivity contribution in [3.63, 3.8) is 0 Å². The minimum Gasteiger partial charge on any atom is -0.447 e. The first-order valence-electron chi connectivity index (χ1n) is 11.9. The number of halogens is 4. The number of hydrogen-bond acceptors (Lipinski definition) is 9. The second kappa shape index (κ2) is 9.31. The number of aromatic nitrogens is 2. The van der Waals surface area contributed by atoms with Gasteiger partial charge in [-0.1, -0.05) is 24.2 Å². The molecule has 6 atom stereocenters. The fourth-order valence-corrected chi connectivity index (χ4v) is 7.56. The van der Waals surface area contributed by atoms with Crippen molar-refractivity contribution in [2.24, 2.45) is 5.92 Å². The number of piperidine rings is 2. The summed E-state index contributed by atoms with van der Waals surface area (Å²) < 4.78 is 66.8. The number of ether oxygens (including phenoxy) is 1. The summed E-state index contributed by atoms with van der Waals surface area (Å²) >= 11 is 0.839. The third kappa shape index (κ3) is 4.86. The molecule has 0 saturated carbocycles. The Morgan fingerprint density at radius 2 is 2.08 bits per heavy atom. The van der Waals surface area contributed by atoms with Gasteiger partial charge < -0.3 is 25.2 Å². The van der Waals surface area contributed by atoms with Crippen LogP contribution in [0, 0.1) is 5.92 Å². The van der Waals surface area contributed by atoms with Crippen LogP contribution in [0.4, 0.5) is 28.0 Å². The molecule has 5 heterocycles. The highest BCUT2D eigenvalue weighted by Crippen LogP contribution is 2.51. The molecule has 198 valence electrons. The maximum atomic E-state index is 15.4. The largest absolute Gasteiger partial charge is 0.447 e. The van der Waals surface area contributed by atoms with Crippen LogP contribution < -0.4 is 16.0 Å². The van der Waals surface area contributed by atoms with E-state index < -0.39 is 29.9 Å². The highest BCUT2D eigenvalue weighted by Gasteiger charge is 2.42. The van der Waals surface area contributed by atoms with Gasteiger partial charge >= 0.3 is 11.6 Å². The molecule has 37 heavy (non-hydrogen) atoms. The average molecular weight is 558 g/mol. The molecule has 2 aromatic heterocycles. The van der Waals surface area contributed by atoms with E-state index in [9.17, 15) is 18.0 Å². The lowest BCUT2D eigenvalue weighted by atomic mass is 9.78. The smallest absolute Gasteiger partial charge is 0.446 e. The van der Waals surface area contributed by atoms with Gasteiger partial charge in [-0.2, -0.15) is 18.2 Å². The molecule has 1 aromatic carbocycles. The van der Waals surface area contributed by atoms with Gasteiger partial charge in [0.05, 0.1) is 21.3 Å². The fourth-order valence-electron chi connectivity index (χ4n) is 5.46. The Morgan fingerprint density at radius 3 is 2.84 bits per heavy atom. The van der Waals surface area contributed by atoms with E-state index in [2.05, 4.69) is 33.0 Å². The molecule has 6 rings (SSSR count). The Labute approximate surface area is 216 Å². The number of anilines is 1. The van der Waals surface area contributed by atoms with E-state index in [1.165, 1.54) is 0 Å². The number of hydrogen-bond donors (Lipinski definition) is 3. The zero-order valence-electron chi connectivity index (χ0n) is 19.5. The number of alkyl carbamates (subject to hydrolysis) is 1. The van der Waals surface area contributed by atoms with E-state index in [1.807, 2.05) is 0 Å². The number of benzene rings is 1. The van der Waals surface area contributed by atoms with Crippen LogP contribution >= 0.6 is 23.1 Å². The third-order valence-electron chi connectivity index (χ3n) is 6.94. The van der Waals surface area contributed by atoms with Crippen molar-refractivity contribution in [1.29, 1.82) is 0 Å². The first kappa shape index (κ1) is 24.7. The van der Waals surface area contributed by atoms with Crippen LogP contribution in [-0.4, -0.2) is 52.6 Å². The van der Waals surface area contributed by atoms with Gasteiger partial charge in [-0.3, -0.25) is 0 Å². The first-order chi connectivity index (χ1) is 17.6. The van der Waals surface area contributed by atoms with E-state index in [-0.39, 0.29) is 51.9 Å². The second-order valence-corrected chi connectivity index (χ2v) is 11.8. The summed E-state index contributed by atoms with van der Waals surface area (Å²) in [5, 5.41) is 13.4. The normalized spacial score (nSPS) is 29.8. The van der Waals surface area contributed by atoms with Crippen molar-refractivity contribution in [3.8, 4) is 10.7 Å². The molecule has 1 amide bonds. The number of rotatable bonds is 5. The lowest BCUT2D eigenvalue weighted by Gasteiger charge is -2.45. The number of thiophene rings is 1. The van der Waals surface area contributed by atoms with Crippen LogP contribution in [0.2, 0.25) is 0 Å². The van der Waals surface area contributed by atoms with Crippen LogP contribution in [0.25, 0.3) is 20.8 Å². The summed E-state index contributed by atoms with van der Waals surface area (Å²) in [6.07, 6.45) is 0.541. The van der Waals surface area contributed by atoms with Crippen molar-refractivity contribution in [3.05, 3.63) is 24.1 Å². The van der Waals surface area contributed by atoms with E-state index in [1.54, 1.807) is 18.2 Å². The number of nitrogens with zero attached hydrogens (tertiary/aromatic N) is 2. The zero-order valence-corrected chi connectivity index (χ0v) is 21.1. The highest BCUT2D eigenvalue weighted by atomic mass is 32.2. The number of nitrogens with one attached hydrogen (secondary N) is 3. The Balaban J connectivity index is 1.36. The number of carbonyl (C=O) groups excluding carboxylic acids is 1. The molecular formula is C23H23F4N5O3S2. The van der Waals surface area contributed by atoms with Crippen molar-refractivity contribution < 1.29 is 31.6 Å². The van der Waals surface area contributed by atoms with Gasteiger partial charge in [0.2, 0.25) is 5.82 Å². The Morgan fingerprint density at radius 1 is 1.24 bits per heavy atom. The minimum atomic E-state index is -4.56. The molecule has 3 aliphatic heterocycles. The van der Waals surface area contributed by atoms with Crippen molar-refractivity contribution >= 4 is 45.0 Å². The highest BCUT2D eigenvalue weighted by molar-refractivity contribution is 8.00. The number of cyclic esters (lactones) is 1. The van der Waals surface area contributed by atoms with Gasteiger partial charge in [0, 0.05) is 22.4 Å². The summed E-state index contributed by atoms with van der Waals surface area (Å²) in [6.45, 7) is 2.11. The quantitative estimate of drug-likeness (QED) is 0.274. The maximum Gasteiger partial charge on any atom is 0.446 e. The van der Waals surface area contributed by atoms with Gasteiger partial charge in [0.15, 0.2) is 0 Å². The molecule has 1 unspecified atom stereocenters. The minimum absolute atomic E-state index is 0.0213. The summed E-state index contributed by atoms with van der Waals surface area (Å²) in [5.74, 6) is 0.462. The topological polar surface area (TPSA) is 101 Å². The number of amides is 1. The molecule has 3 fully saturated rings. The Hall–Kier alpha value is -2.58. The van der Waals surface area contributed by atoms with E-state index >= 15 is 4.39 Å². The molecule has 8 nitrogen and oxygen atoms in total. The van der Waals surface area contributed by atoms with Crippen molar-refractivity contribution in [2.45, 2.75) is 66.9 Å². The predicted octanol–water partition coefficient (Wildman–Crippen LogP) is 5.62. The number of alkyl halides is 4. The van der Waals surface area contributed by atoms with E-state index in [0.29, 0.717) is 28.1 Å². The van der Waals surface area contributed by atoms with Crippen molar-refractivity contribution in [1.82, 2.24) is 20.8 Å². The molecule has 14 heteroatoms. The van der Waals surface area contributed by atoms with Gasteiger partial charge in [0.25, 0.3) is 5.89 Å². The summed E-state index contributed by atoms with van der Waals surface area (Å²) in [6, 6.07) is 3.84. The molecule has 2 bridgehead atoms. The summed E-state index contributed by atoms with van der Waals surface area (Å²) in [5.41, 5.74) is -3.99. The number of carbonyl (C=O) groups is 1. The molecule has 3 aliphatic rings. The van der Waals surface area contributed by atoms with Gasteiger partial charge in [0.1, 0.15) is 18.8 Å². The molecule has 0 spiro atoms. The van der Waals surface area contributed by atoms with Gasteiger partial charge in [-0.15, -0.1) is 11.3 Å². The van der Waals surface area contributed by atoms with Gasteiger partial charge in [-0.25, -0.2) is 9.18 Å². The van der Waals surface area contributed by atoms with Gasteiger partial charge in [-0.05, 0) is 43.0 Å².